The topological polar surface area (TPSA) is 88.0 Å². The molecule has 2 aromatic rings. The van der Waals surface area contributed by atoms with Gasteiger partial charge in [-0.25, -0.2) is 18.9 Å². The Labute approximate surface area is 104 Å². The van der Waals surface area contributed by atoms with Crippen molar-refractivity contribution in [1.29, 1.82) is 0 Å². The predicted octanol–water partition coefficient (Wildman–Crippen LogP) is 0.876. The van der Waals surface area contributed by atoms with Crippen molar-refractivity contribution in [3.63, 3.8) is 0 Å². The zero-order valence-electron chi connectivity index (χ0n) is 8.96. The summed E-state index contributed by atoms with van der Waals surface area (Å²) < 4.78 is 14.0. The number of hydrogen-bond acceptors (Lipinski definition) is 4. The van der Waals surface area contributed by atoms with Crippen LogP contribution in [0.1, 0.15) is 0 Å². The van der Waals surface area contributed by atoms with Crippen molar-refractivity contribution in [1.82, 2.24) is 14.8 Å². The maximum absolute atomic E-state index is 12.8. The number of nitrogens with zero attached hydrogens (tertiary/aromatic N) is 2. The number of carbonyl (C=O) groups is 1. The summed E-state index contributed by atoms with van der Waals surface area (Å²) in [6.45, 7) is 0. The fourth-order valence-electron chi connectivity index (χ4n) is 1.32. The zero-order valence-corrected chi connectivity index (χ0v) is 9.78. The summed E-state index contributed by atoms with van der Waals surface area (Å²) >= 11 is 0.902. The van der Waals surface area contributed by atoms with E-state index >= 15 is 0 Å². The number of carboxylic acid groups (broad SMARTS) is 1. The Morgan fingerprint density at radius 2 is 2.11 bits per heavy atom. The molecule has 2 N–H and O–H groups in total. The van der Waals surface area contributed by atoms with E-state index in [2.05, 4.69) is 10.2 Å². The Kier molecular flexibility index (Phi) is 3.47. The van der Waals surface area contributed by atoms with E-state index in [1.54, 1.807) is 0 Å². The Morgan fingerprint density at radius 1 is 1.44 bits per heavy atom. The van der Waals surface area contributed by atoms with Gasteiger partial charge in [0, 0.05) is 0 Å². The first-order valence-corrected chi connectivity index (χ1v) is 5.84. The Balaban J connectivity index is 2.37. The average molecular weight is 269 g/mol. The highest BCUT2D eigenvalue weighted by Crippen LogP contribution is 2.17. The SMILES string of the molecule is O=C(O)CSc1n[nH]c(=O)n1-c1ccc(F)cc1. The van der Waals surface area contributed by atoms with E-state index < -0.39 is 17.5 Å². The number of thioether (sulfide) groups is 1. The summed E-state index contributed by atoms with van der Waals surface area (Å²) in [6.07, 6.45) is 0. The van der Waals surface area contributed by atoms with E-state index in [4.69, 9.17) is 5.11 Å². The van der Waals surface area contributed by atoms with Gasteiger partial charge in [-0.3, -0.25) is 4.79 Å². The first-order valence-electron chi connectivity index (χ1n) is 4.86. The Hall–Kier alpha value is -2.09. The largest absolute Gasteiger partial charge is 0.481 e. The fourth-order valence-corrected chi connectivity index (χ4v) is 2.00. The molecular formula is C10H8FN3O3S. The normalized spacial score (nSPS) is 10.5. The standard InChI is InChI=1S/C10H8FN3O3S/c11-6-1-3-7(4-2-6)14-9(17)12-13-10(14)18-5-8(15)16/h1-4H,5H2,(H,12,17)(H,15,16). The number of aromatic nitrogens is 3. The Bertz CT molecular complexity index is 620. The van der Waals surface area contributed by atoms with Crippen molar-refractivity contribution in [2.75, 3.05) is 5.75 Å². The minimum Gasteiger partial charge on any atom is -0.481 e. The van der Waals surface area contributed by atoms with Crippen LogP contribution in [-0.4, -0.2) is 31.6 Å². The van der Waals surface area contributed by atoms with Gasteiger partial charge in [0.05, 0.1) is 11.4 Å². The van der Waals surface area contributed by atoms with Gasteiger partial charge in [-0.05, 0) is 24.3 Å². The van der Waals surface area contributed by atoms with Gasteiger partial charge in [0.1, 0.15) is 5.82 Å². The van der Waals surface area contributed by atoms with E-state index in [0.717, 1.165) is 11.8 Å². The molecule has 0 saturated carbocycles. The van der Waals surface area contributed by atoms with Crippen LogP contribution in [0, 0.1) is 5.82 Å². The van der Waals surface area contributed by atoms with E-state index in [0.29, 0.717) is 5.69 Å². The van der Waals surface area contributed by atoms with Gasteiger partial charge in [-0.2, -0.15) is 0 Å². The molecule has 0 fully saturated rings. The maximum atomic E-state index is 12.8. The van der Waals surface area contributed by atoms with Crippen molar-refractivity contribution >= 4 is 17.7 Å². The Morgan fingerprint density at radius 3 is 2.72 bits per heavy atom. The van der Waals surface area contributed by atoms with E-state index in [1.165, 1.54) is 28.8 Å². The second kappa shape index (κ2) is 5.05. The second-order valence-corrected chi connectivity index (χ2v) is 4.25. The van der Waals surface area contributed by atoms with Crippen LogP contribution in [0.3, 0.4) is 0 Å². The minimum atomic E-state index is -1.01. The minimum absolute atomic E-state index is 0.217. The molecule has 0 unspecified atom stereocenters. The molecule has 0 atom stereocenters. The average Bonchev–Trinajstić information content (AvgIpc) is 2.69. The number of rotatable bonds is 4. The third kappa shape index (κ3) is 2.59. The molecule has 0 radical (unpaired) electrons. The van der Waals surface area contributed by atoms with Gasteiger partial charge in [-0.15, -0.1) is 5.10 Å². The number of carboxylic acids is 1. The van der Waals surface area contributed by atoms with Crippen LogP contribution >= 0.6 is 11.8 Å². The summed E-state index contributed by atoms with van der Waals surface area (Å²) in [6, 6.07) is 5.25. The molecule has 0 spiro atoms. The maximum Gasteiger partial charge on any atom is 0.348 e. The van der Waals surface area contributed by atoms with E-state index in [-0.39, 0.29) is 10.9 Å². The number of nitrogens with one attached hydrogen (secondary N) is 1. The van der Waals surface area contributed by atoms with Gasteiger partial charge in [-0.1, -0.05) is 11.8 Å². The van der Waals surface area contributed by atoms with Crippen LogP contribution in [0.4, 0.5) is 4.39 Å². The van der Waals surface area contributed by atoms with Crippen LogP contribution in [0.25, 0.3) is 5.69 Å². The molecule has 1 heterocycles. The van der Waals surface area contributed by atoms with Crippen molar-refractivity contribution < 1.29 is 14.3 Å². The number of hydrogen-bond donors (Lipinski definition) is 2. The molecule has 18 heavy (non-hydrogen) atoms. The smallest absolute Gasteiger partial charge is 0.348 e. The molecule has 1 aromatic heterocycles. The van der Waals surface area contributed by atoms with Crippen molar-refractivity contribution in [3.8, 4) is 5.69 Å². The molecule has 6 nitrogen and oxygen atoms in total. The van der Waals surface area contributed by atoms with Gasteiger partial charge < -0.3 is 5.11 Å². The third-order valence-electron chi connectivity index (χ3n) is 2.05. The molecule has 0 amide bonds. The van der Waals surface area contributed by atoms with Crippen LogP contribution < -0.4 is 5.69 Å². The lowest BCUT2D eigenvalue weighted by molar-refractivity contribution is -0.133. The van der Waals surface area contributed by atoms with Crippen molar-refractivity contribution in [3.05, 3.63) is 40.6 Å². The lowest BCUT2D eigenvalue weighted by Gasteiger charge is -2.03. The highest BCUT2D eigenvalue weighted by Gasteiger charge is 2.12. The third-order valence-corrected chi connectivity index (χ3v) is 2.97. The van der Waals surface area contributed by atoms with E-state index in [9.17, 15) is 14.0 Å². The van der Waals surface area contributed by atoms with Gasteiger partial charge in [0.15, 0.2) is 5.16 Å². The van der Waals surface area contributed by atoms with Crippen LogP contribution in [-0.2, 0) is 4.79 Å². The lowest BCUT2D eigenvalue weighted by Crippen LogP contribution is -2.15. The second-order valence-electron chi connectivity index (χ2n) is 3.31. The van der Waals surface area contributed by atoms with Crippen molar-refractivity contribution in [2.45, 2.75) is 5.16 Å². The number of aliphatic carboxylic acids is 1. The quantitative estimate of drug-likeness (QED) is 0.804. The fraction of sp³-hybridized carbons (Fsp3) is 0.100. The first kappa shape index (κ1) is 12.4. The molecular weight excluding hydrogens is 261 g/mol. The first-order chi connectivity index (χ1) is 8.58. The number of H-pyrrole nitrogens is 1. The summed E-state index contributed by atoms with van der Waals surface area (Å²) in [5, 5.41) is 14.7. The predicted molar refractivity (Wildman–Crippen MR) is 62.5 cm³/mol. The van der Waals surface area contributed by atoms with Gasteiger partial charge in [0.25, 0.3) is 0 Å². The summed E-state index contributed by atoms with van der Waals surface area (Å²) in [5.41, 5.74) is -0.0856. The van der Waals surface area contributed by atoms with Gasteiger partial charge >= 0.3 is 11.7 Å². The molecule has 0 bridgehead atoms. The molecule has 94 valence electrons. The number of aromatic amines is 1. The monoisotopic (exact) mass is 269 g/mol. The van der Waals surface area contributed by atoms with Crippen LogP contribution in [0.2, 0.25) is 0 Å². The van der Waals surface area contributed by atoms with Crippen molar-refractivity contribution in [2.24, 2.45) is 0 Å². The zero-order chi connectivity index (χ0) is 13.1. The van der Waals surface area contributed by atoms with E-state index in [1.807, 2.05) is 0 Å². The molecule has 0 saturated heterocycles. The highest BCUT2D eigenvalue weighted by atomic mass is 32.2. The molecule has 0 aliphatic heterocycles. The lowest BCUT2D eigenvalue weighted by atomic mass is 10.3. The van der Waals surface area contributed by atoms with Crippen LogP contribution in [0.5, 0.6) is 0 Å². The molecule has 0 aliphatic carbocycles. The van der Waals surface area contributed by atoms with Crippen LogP contribution in [0.15, 0.2) is 34.2 Å². The summed E-state index contributed by atoms with van der Waals surface area (Å²) in [5.74, 6) is -1.65. The molecule has 0 aliphatic rings. The number of benzene rings is 1. The molecule has 8 heteroatoms. The highest BCUT2D eigenvalue weighted by molar-refractivity contribution is 7.99. The molecule has 1 aromatic carbocycles. The van der Waals surface area contributed by atoms with Gasteiger partial charge in [0.2, 0.25) is 0 Å². The molecule has 2 rings (SSSR count). The summed E-state index contributed by atoms with van der Waals surface area (Å²) in [7, 11) is 0. The summed E-state index contributed by atoms with van der Waals surface area (Å²) in [4.78, 5) is 22.0. The number of halogens is 1.